The van der Waals surface area contributed by atoms with Crippen LogP contribution in [0.5, 0.6) is 28.7 Å². The van der Waals surface area contributed by atoms with Crippen molar-refractivity contribution in [1.29, 1.82) is 0 Å². The first-order valence-corrected chi connectivity index (χ1v) is 8.75. The molecule has 2 aromatic carbocycles. The van der Waals surface area contributed by atoms with E-state index in [-0.39, 0.29) is 5.75 Å². The van der Waals surface area contributed by atoms with E-state index in [4.69, 9.17) is 23.7 Å². The van der Waals surface area contributed by atoms with Crippen molar-refractivity contribution in [2.45, 2.75) is 26.7 Å². The predicted octanol–water partition coefficient (Wildman–Crippen LogP) is 3.33. The van der Waals surface area contributed by atoms with Gasteiger partial charge in [-0.05, 0) is 36.1 Å². The fourth-order valence-corrected chi connectivity index (χ4v) is 3.53. The first-order valence-electron chi connectivity index (χ1n) is 8.75. The summed E-state index contributed by atoms with van der Waals surface area (Å²) >= 11 is 0. The number of esters is 2. The molecule has 2 aromatic rings. The van der Waals surface area contributed by atoms with Crippen molar-refractivity contribution in [1.82, 2.24) is 0 Å². The molecule has 0 unspecified atom stereocenters. The summed E-state index contributed by atoms with van der Waals surface area (Å²) in [6.07, 6.45) is 1.33. The molecule has 0 radical (unpaired) electrons. The molecule has 0 N–H and O–H groups in total. The van der Waals surface area contributed by atoms with E-state index in [1.807, 2.05) is 12.1 Å². The van der Waals surface area contributed by atoms with Gasteiger partial charge in [0.25, 0.3) is 0 Å². The van der Waals surface area contributed by atoms with Gasteiger partial charge < -0.3 is 23.7 Å². The fraction of sp³-hybridized carbons (Fsp3) is 0.333. The molecule has 1 aliphatic rings. The molecule has 7 nitrogen and oxygen atoms in total. The summed E-state index contributed by atoms with van der Waals surface area (Å²) in [4.78, 5) is 22.9. The van der Waals surface area contributed by atoms with Crippen LogP contribution in [0.1, 0.15) is 25.0 Å². The van der Waals surface area contributed by atoms with E-state index in [1.54, 1.807) is 13.2 Å². The highest BCUT2D eigenvalue weighted by Gasteiger charge is 2.29. The molecule has 0 bridgehead atoms. The lowest BCUT2D eigenvalue weighted by Gasteiger charge is -2.26. The Morgan fingerprint density at radius 2 is 1.46 bits per heavy atom. The number of hydrogen-bond donors (Lipinski definition) is 0. The van der Waals surface area contributed by atoms with Crippen LogP contribution in [0.15, 0.2) is 18.2 Å². The van der Waals surface area contributed by atoms with Gasteiger partial charge in [0.05, 0.1) is 21.3 Å². The van der Waals surface area contributed by atoms with Gasteiger partial charge >= 0.3 is 11.9 Å². The monoisotopic (exact) mass is 386 g/mol. The molecule has 0 spiro atoms. The second kappa shape index (κ2) is 7.80. The molecular formula is C21H22O7. The molecule has 0 amide bonds. The van der Waals surface area contributed by atoms with Crippen LogP contribution in [-0.2, 0) is 22.4 Å². The number of methoxy groups -OCH3 is 3. The molecule has 0 saturated carbocycles. The minimum Gasteiger partial charge on any atom is -0.496 e. The number of benzene rings is 2. The lowest BCUT2D eigenvalue weighted by Crippen LogP contribution is -2.12. The summed E-state index contributed by atoms with van der Waals surface area (Å²) in [5, 5.41) is 0. The fourth-order valence-electron chi connectivity index (χ4n) is 3.53. The van der Waals surface area contributed by atoms with Crippen molar-refractivity contribution in [2.24, 2.45) is 0 Å². The summed E-state index contributed by atoms with van der Waals surface area (Å²) in [6, 6.07) is 5.32. The second-order valence-electron chi connectivity index (χ2n) is 6.31. The lowest BCUT2D eigenvalue weighted by atomic mass is 9.84. The summed E-state index contributed by atoms with van der Waals surface area (Å²) in [7, 11) is 4.58. The van der Waals surface area contributed by atoms with Gasteiger partial charge in [0.1, 0.15) is 11.5 Å². The molecule has 0 atom stereocenters. The number of fused-ring (bicyclic) bond motifs is 3. The van der Waals surface area contributed by atoms with Crippen LogP contribution in [0.2, 0.25) is 0 Å². The van der Waals surface area contributed by atoms with Crippen LogP contribution in [0.4, 0.5) is 0 Å². The number of rotatable bonds is 5. The third-order valence-corrected chi connectivity index (χ3v) is 4.53. The van der Waals surface area contributed by atoms with Gasteiger partial charge in [0.2, 0.25) is 5.75 Å². The van der Waals surface area contributed by atoms with Gasteiger partial charge in [-0.3, -0.25) is 9.59 Å². The maximum absolute atomic E-state index is 11.5. The van der Waals surface area contributed by atoms with E-state index in [9.17, 15) is 9.59 Å². The van der Waals surface area contributed by atoms with Crippen molar-refractivity contribution in [3.8, 4) is 39.9 Å². The van der Waals surface area contributed by atoms with Crippen molar-refractivity contribution < 1.29 is 33.3 Å². The van der Waals surface area contributed by atoms with E-state index in [0.29, 0.717) is 35.8 Å². The highest BCUT2D eigenvalue weighted by Crippen LogP contribution is 2.51. The van der Waals surface area contributed by atoms with Gasteiger partial charge in [0.15, 0.2) is 11.5 Å². The number of aryl methyl sites for hydroxylation is 1. The van der Waals surface area contributed by atoms with E-state index < -0.39 is 11.9 Å². The average Bonchev–Trinajstić information content (AvgIpc) is 2.65. The zero-order chi connectivity index (χ0) is 20.4. The molecule has 28 heavy (non-hydrogen) atoms. The molecule has 0 aromatic heterocycles. The minimum absolute atomic E-state index is 0.259. The molecule has 3 rings (SSSR count). The van der Waals surface area contributed by atoms with Crippen molar-refractivity contribution >= 4 is 11.9 Å². The summed E-state index contributed by atoms with van der Waals surface area (Å²) < 4.78 is 27.2. The maximum atomic E-state index is 11.5. The molecular weight excluding hydrogens is 364 g/mol. The Kier molecular flexibility index (Phi) is 5.44. The molecule has 0 heterocycles. The highest BCUT2D eigenvalue weighted by atomic mass is 16.6. The SMILES string of the molecule is COc1cc2c(c(OC)c1OC(C)=O)CCc1cc(OC(C)=O)cc(OC)c1-2. The van der Waals surface area contributed by atoms with E-state index in [0.717, 1.165) is 22.3 Å². The van der Waals surface area contributed by atoms with Crippen LogP contribution < -0.4 is 23.7 Å². The standard InChI is InChI=1S/C21H22O7/c1-11(22)27-14-8-13-6-7-15-16(19(13)17(9-14)24-3)10-18(25-4)21(20(15)26-5)28-12(2)23/h8-10H,6-7H2,1-5H3. The first-order chi connectivity index (χ1) is 13.4. The summed E-state index contributed by atoms with van der Waals surface area (Å²) in [5.74, 6) is 1.24. The maximum Gasteiger partial charge on any atom is 0.308 e. The zero-order valence-corrected chi connectivity index (χ0v) is 16.5. The molecule has 7 heteroatoms. The average molecular weight is 386 g/mol. The summed E-state index contributed by atoms with van der Waals surface area (Å²) in [5.41, 5.74) is 3.60. The molecule has 0 fully saturated rings. The van der Waals surface area contributed by atoms with E-state index in [2.05, 4.69) is 0 Å². The zero-order valence-electron chi connectivity index (χ0n) is 16.5. The van der Waals surface area contributed by atoms with Gasteiger partial charge in [-0.1, -0.05) is 0 Å². The van der Waals surface area contributed by atoms with Gasteiger partial charge in [0, 0.05) is 31.0 Å². The van der Waals surface area contributed by atoms with Gasteiger partial charge in [-0.25, -0.2) is 0 Å². The third kappa shape index (κ3) is 3.47. The molecule has 0 aliphatic heterocycles. The van der Waals surface area contributed by atoms with E-state index in [1.165, 1.54) is 28.1 Å². The predicted molar refractivity (Wildman–Crippen MR) is 102 cm³/mol. The van der Waals surface area contributed by atoms with Crippen molar-refractivity contribution in [2.75, 3.05) is 21.3 Å². The lowest BCUT2D eigenvalue weighted by molar-refractivity contribution is -0.133. The van der Waals surface area contributed by atoms with Gasteiger partial charge in [-0.15, -0.1) is 0 Å². The van der Waals surface area contributed by atoms with Crippen LogP contribution in [0.3, 0.4) is 0 Å². The Balaban J connectivity index is 2.25. The van der Waals surface area contributed by atoms with Crippen LogP contribution in [0, 0.1) is 0 Å². The number of ether oxygens (including phenoxy) is 5. The van der Waals surface area contributed by atoms with Crippen molar-refractivity contribution in [3.05, 3.63) is 29.3 Å². The van der Waals surface area contributed by atoms with Crippen LogP contribution >= 0.6 is 0 Å². The highest BCUT2D eigenvalue weighted by molar-refractivity contribution is 5.85. The molecule has 0 saturated heterocycles. The third-order valence-electron chi connectivity index (χ3n) is 4.53. The van der Waals surface area contributed by atoms with Gasteiger partial charge in [-0.2, -0.15) is 0 Å². The first kappa shape index (κ1) is 19.5. The Labute approximate surface area is 163 Å². The Morgan fingerprint density at radius 3 is 2.04 bits per heavy atom. The van der Waals surface area contributed by atoms with E-state index >= 15 is 0 Å². The molecule has 1 aliphatic carbocycles. The smallest absolute Gasteiger partial charge is 0.308 e. The minimum atomic E-state index is -0.462. The number of carbonyl (C=O) groups is 2. The van der Waals surface area contributed by atoms with Crippen LogP contribution in [0.25, 0.3) is 11.1 Å². The Hall–Kier alpha value is -3.22. The quantitative estimate of drug-likeness (QED) is 0.576. The summed E-state index contributed by atoms with van der Waals surface area (Å²) in [6.45, 7) is 2.68. The largest absolute Gasteiger partial charge is 0.496 e. The Bertz CT molecular complexity index is 929. The number of carbonyl (C=O) groups excluding carboxylic acids is 2. The normalized spacial score (nSPS) is 11.8. The van der Waals surface area contributed by atoms with Crippen molar-refractivity contribution in [3.63, 3.8) is 0 Å². The molecule has 148 valence electrons. The topological polar surface area (TPSA) is 80.3 Å². The second-order valence-corrected chi connectivity index (χ2v) is 6.31. The van der Waals surface area contributed by atoms with Crippen LogP contribution in [-0.4, -0.2) is 33.3 Å². The number of hydrogen-bond acceptors (Lipinski definition) is 7. The Morgan fingerprint density at radius 1 is 0.786 bits per heavy atom.